The highest BCUT2D eigenvalue weighted by Crippen LogP contribution is 2.34. The van der Waals surface area contributed by atoms with Gasteiger partial charge in [-0.3, -0.25) is 9.59 Å². The number of rotatable bonds is 2. The predicted octanol–water partition coefficient (Wildman–Crippen LogP) is 2.75. The topological polar surface area (TPSA) is 75.3 Å². The highest BCUT2D eigenvalue weighted by atomic mass is 32.1. The normalized spacial score (nSPS) is 25.7. The first kappa shape index (κ1) is 17.4. The minimum atomic E-state index is -0.276. The number of amides is 1. The molecule has 7 heteroatoms. The average Bonchev–Trinajstić information content (AvgIpc) is 3.35. The lowest BCUT2D eigenvalue weighted by molar-refractivity contribution is -0.142. The molecule has 2 aliphatic heterocycles. The monoisotopic (exact) mass is 387 g/mol. The van der Waals surface area contributed by atoms with Crippen molar-refractivity contribution in [1.29, 1.82) is 0 Å². The first-order chi connectivity index (χ1) is 13.2. The van der Waals surface area contributed by atoms with Crippen LogP contribution in [0, 0.1) is 0 Å². The molecule has 1 aliphatic carbocycles. The van der Waals surface area contributed by atoms with E-state index in [4.69, 9.17) is 9.72 Å². The Labute approximate surface area is 161 Å². The minimum absolute atomic E-state index is 0.00280. The van der Waals surface area contributed by atoms with Crippen molar-refractivity contribution in [2.75, 3.05) is 19.7 Å². The zero-order valence-corrected chi connectivity index (χ0v) is 16.3. The molecule has 3 aliphatic rings. The van der Waals surface area contributed by atoms with E-state index in [-0.39, 0.29) is 23.5 Å². The van der Waals surface area contributed by atoms with Gasteiger partial charge in [-0.15, -0.1) is 11.3 Å². The number of H-pyrrole nitrogens is 1. The lowest BCUT2D eigenvalue weighted by Gasteiger charge is -2.33. The van der Waals surface area contributed by atoms with Gasteiger partial charge in [-0.05, 0) is 56.9 Å². The Morgan fingerprint density at radius 2 is 2.07 bits per heavy atom. The van der Waals surface area contributed by atoms with Crippen LogP contribution in [0.3, 0.4) is 0 Å². The SMILES string of the molecule is O=C([C@H]1CCCO1)N1CCC[C@@H](c2nc3sc4c(c3c(=O)[nH]2)CCCC4)C1. The van der Waals surface area contributed by atoms with Crippen LogP contribution < -0.4 is 5.56 Å². The van der Waals surface area contributed by atoms with Gasteiger partial charge in [0.05, 0.1) is 5.39 Å². The van der Waals surface area contributed by atoms with E-state index >= 15 is 0 Å². The van der Waals surface area contributed by atoms with Crippen molar-refractivity contribution in [3.63, 3.8) is 0 Å². The van der Waals surface area contributed by atoms with Crippen LogP contribution in [0.15, 0.2) is 4.79 Å². The number of aryl methyl sites for hydroxylation is 2. The van der Waals surface area contributed by atoms with Gasteiger partial charge in [0.1, 0.15) is 16.8 Å². The molecule has 0 spiro atoms. The molecule has 0 bridgehead atoms. The largest absolute Gasteiger partial charge is 0.368 e. The molecule has 0 radical (unpaired) electrons. The van der Waals surface area contributed by atoms with E-state index in [0.717, 1.165) is 67.5 Å². The highest BCUT2D eigenvalue weighted by molar-refractivity contribution is 7.18. The summed E-state index contributed by atoms with van der Waals surface area (Å²) in [6, 6.07) is 0. The fraction of sp³-hybridized carbons (Fsp3) is 0.650. The summed E-state index contributed by atoms with van der Waals surface area (Å²) < 4.78 is 5.57. The summed E-state index contributed by atoms with van der Waals surface area (Å²) in [7, 11) is 0. The third kappa shape index (κ3) is 3.10. The molecule has 27 heavy (non-hydrogen) atoms. The van der Waals surface area contributed by atoms with E-state index < -0.39 is 0 Å². The number of hydrogen-bond acceptors (Lipinski definition) is 5. The van der Waals surface area contributed by atoms with Gasteiger partial charge in [-0.25, -0.2) is 4.98 Å². The Morgan fingerprint density at radius 3 is 2.93 bits per heavy atom. The predicted molar refractivity (Wildman–Crippen MR) is 104 cm³/mol. The van der Waals surface area contributed by atoms with E-state index in [9.17, 15) is 9.59 Å². The van der Waals surface area contributed by atoms with Crippen LogP contribution in [-0.2, 0) is 22.4 Å². The molecule has 0 saturated carbocycles. The Hall–Kier alpha value is -1.73. The molecule has 2 atom stereocenters. The third-order valence-corrected chi connectivity index (χ3v) is 7.35. The zero-order chi connectivity index (χ0) is 18.4. The van der Waals surface area contributed by atoms with Crippen molar-refractivity contribution < 1.29 is 9.53 Å². The van der Waals surface area contributed by atoms with Crippen LogP contribution in [-0.4, -0.2) is 46.6 Å². The molecule has 6 nitrogen and oxygen atoms in total. The number of carbonyl (C=O) groups excluding carboxylic acids is 1. The van der Waals surface area contributed by atoms with Crippen LogP contribution in [0.1, 0.15) is 60.7 Å². The van der Waals surface area contributed by atoms with Gasteiger partial charge in [-0.2, -0.15) is 0 Å². The number of nitrogens with one attached hydrogen (secondary N) is 1. The molecule has 144 valence electrons. The van der Waals surface area contributed by atoms with Crippen molar-refractivity contribution in [3.05, 3.63) is 26.6 Å². The molecule has 0 aromatic carbocycles. The summed E-state index contributed by atoms with van der Waals surface area (Å²) in [5.41, 5.74) is 1.22. The minimum Gasteiger partial charge on any atom is -0.368 e. The zero-order valence-electron chi connectivity index (χ0n) is 15.5. The number of carbonyl (C=O) groups is 1. The second kappa shape index (κ2) is 7.02. The molecule has 2 saturated heterocycles. The Kier molecular flexibility index (Phi) is 4.52. The molecule has 2 aromatic heterocycles. The van der Waals surface area contributed by atoms with Gasteiger partial charge >= 0.3 is 0 Å². The van der Waals surface area contributed by atoms with Gasteiger partial charge in [0.2, 0.25) is 0 Å². The first-order valence-corrected chi connectivity index (χ1v) is 11.0. The number of piperidine rings is 1. The van der Waals surface area contributed by atoms with Crippen molar-refractivity contribution in [2.45, 2.75) is 63.4 Å². The molecule has 2 fully saturated rings. The smallest absolute Gasteiger partial charge is 0.259 e. The number of likely N-dealkylation sites (tertiary alicyclic amines) is 1. The molecule has 2 aromatic rings. The molecule has 1 N–H and O–H groups in total. The van der Waals surface area contributed by atoms with Crippen molar-refractivity contribution in [3.8, 4) is 0 Å². The third-order valence-electron chi connectivity index (χ3n) is 6.17. The van der Waals surface area contributed by atoms with E-state index in [2.05, 4.69) is 4.98 Å². The van der Waals surface area contributed by atoms with Crippen LogP contribution in [0.2, 0.25) is 0 Å². The summed E-state index contributed by atoms with van der Waals surface area (Å²) in [5.74, 6) is 0.948. The van der Waals surface area contributed by atoms with E-state index in [1.165, 1.54) is 16.9 Å². The van der Waals surface area contributed by atoms with Gasteiger partial charge < -0.3 is 14.6 Å². The summed E-state index contributed by atoms with van der Waals surface area (Å²) in [5, 5.41) is 0.807. The maximum atomic E-state index is 12.8. The second-order valence-corrected chi connectivity index (χ2v) is 9.05. The van der Waals surface area contributed by atoms with Crippen LogP contribution in [0.25, 0.3) is 10.2 Å². The molecule has 4 heterocycles. The van der Waals surface area contributed by atoms with E-state index in [1.807, 2.05) is 4.90 Å². The maximum absolute atomic E-state index is 12.8. The number of aromatic nitrogens is 2. The lowest BCUT2D eigenvalue weighted by atomic mass is 9.95. The number of hydrogen-bond donors (Lipinski definition) is 1. The maximum Gasteiger partial charge on any atom is 0.259 e. The molecule has 1 amide bonds. The molecular formula is C20H25N3O3S. The summed E-state index contributed by atoms with van der Waals surface area (Å²) in [4.78, 5) is 37.5. The number of aromatic amines is 1. The number of thiophene rings is 1. The molecular weight excluding hydrogens is 362 g/mol. The van der Waals surface area contributed by atoms with Gasteiger partial charge in [-0.1, -0.05) is 0 Å². The molecule has 5 rings (SSSR count). The van der Waals surface area contributed by atoms with Crippen molar-refractivity contribution >= 4 is 27.5 Å². The summed E-state index contributed by atoms with van der Waals surface area (Å²) >= 11 is 1.69. The van der Waals surface area contributed by atoms with E-state index in [0.29, 0.717) is 13.2 Å². The average molecular weight is 388 g/mol. The Bertz CT molecular complexity index is 928. The van der Waals surface area contributed by atoms with Gasteiger partial charge in [0.15, 0.2) is 0 Å². The number of fused-ring (bicyclic) bond motifs is 3. The van der Waals surface area contributed by atoms with Crippen LogP contribution >= 0.6 is 11.3 Å². The summed E-state index contributed by atoms with van der Waals surface area (Å²) in [6.45, 7) is 2.08. The first-order valence-electron chi connectivity index (χ1n) is 10.2. The quantitative estimate of drug-likeness (QED) is 0.860. The number of ether oxygens (including phenoxy) is 1. The fourth-order valence-electron chi connectivity index (χ4n) is 4.75. The van der Waals surface area contributed by atoms with Gasteiger partial charge in [0.25, 0.3) is 11.5 Å². The van der Waals surface area contributed by atoms with Crippen molar-refractivity contribution in [2.24, 2.45) is 0 Å². The summed E-state index contributed by atoms with van der Waals surface area (Å²) in [6.07, 6.45) is 7.81. The fourth-order valence-corrected chi connectivity index (χ4v) is 6.02. The Morgan fingerprint density at radius 1 is 1.19 bits per heavy atom. The van der Waals surface area contributed by atoms with Crippen molar-refractivity contribution in [1.82, 2.24) is 14.9 Å². The second-order valence-electron chi connectivity index (χ2n) is 7.97. The Balaban J connectivity index is 1.42. The molecule has 0 unspecified atom stereocenters. The van der Waals surface area contributed by atoms with Crippen LogP contribution in [0.5, 0.6) is 0 Å². The van der Waals surface area contributed by atoms with Crippen LogP contribution in [0.4, 0.5) is 0 Å². The lowest BCUT2D eigenvalue weighted by Crippen LogP contribution is -2.44. The standard InChI is InChI=1S/C20H25N3O3S/c24-18-16-13-6-1-2-8-15(13)27-19(16)22-17(21-18)12-5-3-9-23(11-12)20(25)14-7-4-10-26-14/h12,14H,1-11H2,(H,21,22,24)/t12-,14-/m1/s1. The van der Waals surface area contributed by atoms with Gasteiger partial charge in [0, 0.05) is 30.5 Å². The highest BCUT2D eigenvalue weighted by Gasteiger charge is 2.33. The van der Waals surface area contributed by atoms with E-state index in [1.54, 1.807) is 11.3 Å². The number of nitrogens with zero attached hydrogens (tertiary/aromatic N) is 2.